The van der Waals surface area contributed by atoms with Gasteiger partial charge in [0.25, 0.3) is 5.91 Å². The maximum atomic E-state index is 13.0. The molecule has 0 aromatic heterocycles. The van der Waals surface area contributed by atoms with E-state index in [-0.39, 0.29) is 18.5 Å². The van der Waals surface area contributed by atoms with E-state index in [0.29, 0.717) is 30.6 Å². The van der Waals surface area contributed by atoms with Gasteiger partial charge in [-0.05, 0) is 49.3 Å². The number of imide groups is 1. The number of rotatable bonds is 2. The van der Waals surface area contributed by atoms with Crippen molar-refractivity contribution in [1.82, 2.24) is 10.2 Å². The molecule has 1 aromatic rings. The molecule has 1 aromatic carbocycles. The number of amides is 3. The van der Waals surface area contributed by atoms with Crippen LogP contribution in [0.1, 0.15) is 38.2 Å². The molecule has 0 radical (unpaired) electrons. The van der Waals surface area contributed by atoms with Crippen molar-refractivity contribution in [3.05, 3.63) is 22.2 Å². The molecule has 0 atom stereocenters. The van der Waals surface area contributed by atoms with Gasteiger partial charge in [0.15, 0.2) is 11.5 Å². The Bertz CT molecular complexity index is 728. The van der Waals surface area contributed by atoms with Gasteiger partial charge in [-0.2, -0.15) is 0 Å². The molecule has 2 heterocycles. The van der Waals surface area contributed by atoms with Crippen molar-refractivity contribution in [2.75, 3.05) is 13.2 Å². The SMILES string of the molecule is CC1CCC2(CC1)NC(=O)N(Cc1cc3c(cc1Br)OCCO3)C2=O. The number of nitrogens with one attached hydrogen (secondary N) is 1. The Kier molecular flexibility index (Phi) is 4.14. The van der Waals surface area contributed by atoms with E-state index >= 15 is 0 Å². The first kappa shape index (κ1) is 16.7. The fourth-order valence-electron chi connectivity index (χ4n) is 3.81. The maximum absolute atomic E-state index is 13.0. The number of hydrogen-bond acceptors (Lipinski definition) is 4. The smallest absolute Gasteiger partial charge is 0.325 e. The van der Waals surface area contributed by atoms with E-state index in [1.54, 1.807) is 0 Å². The summed E-state index contributed by atoms with van der Waals surface area (Å²) in [7, 11) is 0. The molecular formula is C18H21BrN2O4. The lowest BCUT2D eigenvalue weighted by Gasteiger charge is -2.33. The summed E-state index contributed by atoms with van der Waals surface area (Å²) < 4.78 is 12.0. The van der Waals surface area contributed by atoms with Gasteiger partial charge in [-0.25, -0.2) is 4.79 Å². The highest BCUT2D eigenvalue weighted by atomic mass is 79.9. The van der Waals surface area contributed by atoms with E-state index in [1.165, 1.54) is 4.90 Å². The summed E-state index contributed by atoms with van der Waals surface area (Å²) >= 11 is 3.51. The predicted octanol–water partition coefficient (Wildman–Crippen LogP) is 3.22. The summed E-state index contributed by atoms with van der Waals surface area (Å²) in [6.45, 7) is 3.43. The van der Waals surface area contributed by atoms with Crippen LogP contribution in [0, 0.1) is 5.92 Å². The van der Waals surface area contributed by atoms with Gasteiger partial charge >= 0.3 is 6.03 Å². The molecule has 1 spiro atoms. The third-order valence-electron chi connectivity index (χ3n) is 5.41. The number of fused-ring (bicyclic) bond motifs is 1. The van der Waals surface area contributed by atoms with Gasteiger partial charge in [-0.1, -0.05) is 22.9 Å². The maximum Gasteiger partial charge on any atom is 0.325 e. The molecular weight excluding hydrogens is 388 g/mol. The van der Waals surface area contributed by atoms with Crippen LogP contribution in [-0.2, 0) is 11.3 Å². The number of halogens is 1. The van der Waals surface area contributed by atoms with Gasteiger partial charge in [0.1, 0.15) is 18.8 Å². The van der Waals surface area contributed by atoms with E-state index < -0.39 is 5.54 Å². The minimum Gasteiger partial charge on any atom is -0.486 e. The highest BCUT2D eigenvalue weighted by Gasteiger charge is 2.52. The van der Waals surface area contributed by atoms with Gasteiger partial charge in [0.05, 0.1) is 6.54 Å². The topological polar surface area (TPSA) is 67.9 Å². The second kappa shape index (κ2) is 6.20. The van der Waals surface area contributed by atoms with Crippen molar-refractivity contribution in [1.29, 1.82) is 0 Å². The summed E-state index contributed by atoms with van der Waals surface area (Å²) in [5.41, 5.74) is 0.123. The molecule has 25 heavy (non-hydrogen) atoms. The first-order chi connectivity index (χ1) is 12.0. The van der Waals surface area contributed by atoms with Gasteiger partial charge in [0, 0.05) is 4.47 Å². The fraction of sp³-hybridized carbons (Fsp3) is 0.556. The molecule has 1 saturated heterocycles. The number of benzene rings is 1. The third kappa shape index (κ3) is 2.88. The minimum absolute atomic E-state index is 0.105. The summed E-state index contributed by atoms with van der Waals surface area (Å²) in [5, 5.41) is 2.96. The van der Waals surface area contributed by atoms with Crippen LogP contribution in [0.15, 0.2) is 16.6 Å². The van der Waals surface area contributed by atoms with Crippen LogP contribution < -0.4 is 14.8 Å². The number of ether oxygens (including phenoxy) is 2. The molecule has 1 N–H and O–H groups in total. The van der Waals surface area contributed by atoms with Gasteiger partial charge in [-0.3, -0.25) is 9.69 Å². The van der Waals surface area contributed by atoms with Crippen molar-refractivity contribution >= 4 is 27.9 Å². The Balaban J connectivity index is 1.57. The average molecular weight is 409 g/mol. The number of nitrogens with zero attached hydrogens (tertiary/aromatic N) is 1. The molecule has 6 nitrogen and oxygen atoms in total. The van der Waals surface area contributed by atoms with E-state index in [0.717, 1.165) is 35.7 Å². The lowest BCUT2D eigenvalue weighted by molar-refractivity contribution is -0.133. The molecule has 3 amide bonds. The summed E-state index contributed by atoms with van der Waals surface area (Å²) in [6.07, 6.45) is 3.37. The lowest BCUT2D eigenvalue weighted by atomic mass is 9.77. The third-order valence-corrected chi connectivity index (χ3v) is 6.15. The van der Waals surface area contributed by atoms with Gasteiger partial charge in [0.2, 0.25) is 0 Å². The lowest BCUT2D eigenvalue weighted by Crippen LogP contribution is -2.49. The second-order valence-corrected chi connectivity index (χ2v) is 8.03. The van der Waals surface area contributed by atoms with E-state index in [2.05, 4.69) is 28.2 Å². The Morgan fingerprint density at radius 1 is 1.20 bits per heavy atom. The molecule has 3 aliphatic rings. The van der Waals surface area contributed by atoms with Crippen molar-refractivity contribution in [2.24, 2.45) is 5.92 Å². The highest BCUT2D eigenvalue weighted by molar-refractivity contribution is 9.10. The summed E-state index contributed by atoms with van der Waals surface area (Å²) in [4.78, 5) is 26.8. The highest BCUT2D eigenvalue weighted by Crippen LogP contribution is 2.39. The normalized spacial score (nSPS) is 28.4. The molecule has 2 fully saturated rings. The molecule has 1 saturated carbocycles. The van der Waals surface area contributed by atoms with Crippen molar-refractivity contribution in [3.8, 4) is 11.5 Å². The summed E-state index contributed by atoms with van der Waals surface area (Å²) in [6, 6.07) is 3.37. The van der Waals surface area contributed by atoms with Crippen LogP contribution in [0.5, 0.6) is 11.5 Å². The first-order valence-corrected chi connectivity index (χ1v) is 9.50. The Labute approximate surface area is 155 Å². The van der Waals surface area contributed by atoms with Crippen LogP contribution in [0.3, 0.4) is 0 Å². The number of hydrogen-bond donors (Lipinski definition) is 1. The number of carbonyl (C=O) groups is 2. The van der Waals surface area contributed by atoms with Crippen LogP contribution >= 0.6 is 15.9 Å². The van der Waals surface area contributed by atoms with Gasteiger partial charge in [-0.15, -0.1) is 0 Å². The zero-order valence-electron chi connectivity index (χ0n) is 14.1. The van der Waals surface area contributed by atoms with E-state index in [1.807, 2.05) is 12.1 Å². The van der Waals surface area contributed by atoms with Crippen LogP contribution in [0.4, 0.5) is 4.79 Å². The number of urea groups is 1. The average Bonchev–Trinajstić information content (AvgIpc) is 2.82. The second-order valence-electron chi connectivity index (χ2n) is 7.17. The Hall–Kier alpha value is -1.76. The monoisotopic (exact) mass is 408 g/mol. The van der Waals surface area contributed by atoms with E-state index in [4.69, 9.17) is 9.47 Å². The predicted molar refractivity (Wildman–Crippen MR) is 94.6 cm³/mol. The van der Waals surface area contributed by atoms with E-state index in [9.17, 15) is 9.59 Å². The molecule has 0 bridgehead atoms. The number of carbonyl (C=O) groups excluding carboxylic acids is 2. The summed E-state index contributed by atoms with van der Waals surface area (Å²) in [5.74, 6) is 1.83. The van der Waals surface area contributed by atoms with Crippen molar-refractivity contribution < 1.29 is 19.1 Å². The first-order valence-electron chi connectivity index (χ1n) is 8.71. The standard InChI is InChI=1S/C18H21BrN2O4/c1-11-2-4-18(5-3-11)16(22)21(17(23)20-18)10-12-8-14-15(9-13(12)19)25-7-6-24-14/h8-9,11H,2-7,10H2,1H3,(H,20,23). The molecule has 4 rings (SSSR count). The molecule has 0 unspecified atom stereocenters. The molecule has 7 heteroatoms. The molecule has 1 aliphatic carbocycles. The molecule has 134 valence electrons. The zero-order chi connectivity index (χ0) is 17.6. The fourth-order valence-corrected chi connectivity index (χ4v) is 4.26. The van der Waals surface area contributed by atoms with Gasteiger partial charge < -0.3 is 14.8 Å². The minimum atomic E-state index is -0.704. The zero-order valence-corrected chi connectivity index (χ0v) is 15.7. The molecule has 2 aliphatic heterocycles. The van der Waals surface area contributed by atoms with Crippen LogP contribution in [0.2, 0.25) is 0 Å². The van der Waals surface area contributed by atoms with Crippen LogP contribution in [-0.4, -0.2) is 35.6 Å². The van der Waals surface area contributed by atoms with Crippen molar-refractivity contribution in [3.63, 3.8) is 0 Å². The largest absolute Gasteiger partial charge is 0.486 e. The Morgan fingerprint density at radius 2 is 1.84 bits per heavy atom. The van der Waals surface area contributed by atoms with Crippen LogP contribution in [0.25, 0.3) is 0 Å². The quantitative estimate of drug-likeness (QED) is 0.762. The van der Waals surface area contributed by atoms with Crippen molar-refractivity contribution in [2.45, 2.75) is 44.7 Å². The Morgan fingerprint density at radius 3 is 2.52 bits per heavy atom.